The zero-order valence-electron chi connectivity index (χ0n) is 11.8. The largest absolute Gasteiger partial charge is 0.478 e. The molecule has 1 aromatic carbocycles. The highest BCUT2D eigenvalue weighted by Crippen LogP contribution is 2.25. The van der Waals surface area contributed by atoms with Crippen LogP contribution in [0.25, 0.3) is 0 Å². The minimum atomic E-state index is -0.928. The molecule has 1 aliphatic rings. The van der Waals surface area contributed by atoms with Crippen molar-refractivity contribution in [1.29, 1.82) is 0 Å². The van der Waals surface area contributed by atoms with Crippen LogP contribution in [0.2, 0.25) is 0 Å². The standard InChI is InChI=1S/C16H21NO3/c1-17(15(18)13-5-3-2-4-6-13)11-12-7-9-14(10-8-12)16(19)20/h7-10,13H,2-6,11H2,1H3,(H,19,20). The van der Waals surface area contributed by atoms with Crippen LogP contribution in [0.3, 0.4) is 0 Å². The van der Waals surface area contributed by atoms with Gasteiger partial charge in [0.05, 0.1) is 5.56 Å². The summed E-state index contributed by atoms with van der Waals surface area (Å²) in [5.41, 5.74) is 1.23. The number of hydrogen-bond donors (Lipinski definition) is 1. The zero-order valence-corrected chi connectivity index (χ0v) is 11.8. The Bertz CT molecular complexity index is 475. The number of amides is 1. The Kier molecular flexibility index (Phi) is 4.77. The SMILES string of the molecule is CN(Cc1ccc(C(=O)O)cc1)C(=O)C1CCCCC1. The molecule has 1 amide bonds. The van der Waals surface area contributed by atoms with E-state index < -0.39 is 5.97 Å². The normalized spacial score (nSPS) is 15.8. The topological polar surface area (TPSA) is 57.6 Å². The fraction of sp³-hybridized carbons (Fsp3) is 0.500. The molecule has 0 bridgehead atoms. The Morgan fingerprint density at radius 1 is 1.15 bits per heavy atom. The van der Waals surface area contributed by atoms with E-state index in [1.807, 2.05) is 7.05 Å². The molecule has 108 valence electrons. The fourth-order valence-corrected chi connectivity index (χ4v) is 2.77. The second-order valence-electron chi connectivity index (χ2n) is 5.53. The number of carbonyl (C=O) groups is 2. The van der Waals surface area contributed by atoms with Crippen LogP contribution in [0.15, 0.2) is 24.3 Å². The first-order valence-electron chi connectivity index (χ1n) is 7.15. The van der Waals surface area contributed by atoms with Crippen LogP contribution in [0.1, 0.15) is 48.0 Å². The lowest BCUT2D eigenvalue weighted by Gasteiger charge is -2.26. The summed E-state index contributed by atoms with van der Waals surface area (Å²) in [6.45, 7) is 0.537. The summed E-state index contributed by atoms with van der Waals surface area (Å²) in [5, 5.41) is 8.85. The van der Waals surface area contributed by atoms with Gasteiger partial charge in [-0.1, -0.05) is 31.4 Å². The summed E-state index contributed by atoms with van der Waals surface area (Å²) >= 11 is 0. The molecule has 0 aliphatic heterocycles. The fourth-order valence-electron chi connectivity index (χ4n) is 2.77. The van der Waals surface area contributed by atoms with E-state index >= 15 is 0 Å². The van der Waals surface area contributed by atoms with Gasteiger partial charge in [-0.05, 0) is 30.5 Å². The first-order valence-corrected chi connectivity index (χ1v) is 7.15. The third-order valence-electron chi connectivity index (χ3n) is 3.95. The minimum absolute atomic E-state index is 0.173. The maximum absolute atomic E-state index is 12.3. The highest BCUT2D eigenvalue weighted by Gasteiger charge is 2.23. The lowest BCUT2D eigenvalue weighted by molar-refractivity contribution is -0.135. The first-order chi connectivity index (χ1) is 9.58. The molecule has 0 atom stereocenters. The van der Waals surface area contributed by atoms with E-state index in [1.165, 1.54) is 6.42 Å². The van der Waals surface area contributed by atoms with E-state index in [9.17, 15) is 9.59 Å². The molecule has 4 nitrogen and oxygen atoms in total. The van der Waals surface area contributed by atoms with Crippen LogP contribution < -0.4 is 0 Å². The average molecular weight is 275 g/mol. The molecule has 0 heterocycles. The highest BCUT2D eigenvalue weighted by molar-refractivity contribution is 5.87. The lowest BCUT2D eigenvalue weighted by Crippen LogP contribution is -2.33. The summed E-state index contributed by atoms with van der Waals surface area (Å²) < 4.78 is 0. The van der Waals surface area contributed by atoms with Crippen molar-refractivity contribution in [3.63, 3.8) is 0 Å². The van der Waals surface area contributed by atoms with Gasteiger partial charge in [-0.15, -0.1) is 0 Å². The molecule has 4 heteroatoms. The van der Waals surface area contributed by atoms with Gasteiger partial charge < -0.3 is 10.0 Å². The van der Waals surface area contributed by atoms with Crippen molar-refractivity contribution in [2.75, 3.05) is 7.05 Å². The van der Waals surface area contributed by atoms with Crippen molar-refractivity contribution in [3.8, 4) is 0 Å². The number of rotatable bonds is 4. The Labute approximate surface area is 119 Å². The van der Waals surface area contributed by atoms with E-state index in [0.29, 0.717) is 6.54 Å². The Morgan fingerprint density at radius 3 is 2.30 bits per heavy atom. The molecular weight excluding hydrogens is 254 g/mol. The minimum Gasteiger partial charge on any atom is -0.478 e. The predicted octanol–water partition coefficient (Wildman–Crippen LogP) is 2.92. The number of benzene rings is 1. The number of carbonyl (C=O) groups excluding carboxylic acids is 1. The number of aromatic carboxylic acids is 1. The van der Waals surface area contributed by atoms with Crippen molar-refractivity contribution in [1.82, 2.24) is 4.90 Å². The van der Waals surface area contributed by atoms with Gasteiger partial charge in [0.1, 0.15) is 0 Å². The summed E-state index contributed by atoms with van der Waals surface area (Å²) in [6, 6.07) is 6.70. The molecule has 0 radical (unpaired) electrons. The molecule has 1 aliphatic carbocycles. The summed E-state index contributed by atoms with van der Waals surface area (Å²) in [6.07, 6.45) is 5.54. The highest BCUT2D eigenvalue weighted by atomic mass is 16.4. The number of hydrogen-bond acceptors (Lipinski definition) is 2. The number of nitrogens with zero attached hydrogens (tertiary/aromatic N) is 1. The van der Waals surface area contributed by atoms with Crippen LogP contribution in [-0.2, 0) is 11.3 Å². The van der Waals surface area contributed by atoms with Gasteiger partial charge in [-0.3, -0.25) is 4.79 Å². The molecule has 0 spiro atoms. The molecule has 1 N–H and O–H groups in total. The monoisotopic (exact) mass is 275 g/mol. The van der Waals surface area contributed by atoms with Crippen LogP contribution >= 0.6 is 0 Å². The molecule has 1 aromatic rings. The van der Waals surface area contributed by atoms with Crippen LogP contribution in [-0.4, -0.2) is 28.9 Å². The molecule has 0 aromatic heterocycles. The van der Waals surface area contributed by atoms with E-state index in [1.54, 1.807) is 29.2 Å². The van der Waals surface area contributed by atoms with E-state index in [0.717, 1.165) is 31.2 Å². The molecular formula is C16H21NO3. The predicted molar refractivity (Wildman–Crippen MR) is 76.5 cm³/mol. The van der Waals surface area contributed by atoms with E-state index in [-0.39, 0.29) is 17.4 Å². The second kappa shape index (κ2) is 6.55. The van der Waals surface area contributed by atoms with Crippen molar-refractivity contribution in [2.45, 2.75) is 38.6 Å². The summed E-state index contributed by atoms with van der Waals surface area (Å²) in [7, 11) is 1.82. The number of carboxylic acids is 1. The van der Waals surface area contributed by atoms with Crippen molar-refractivity contribution >= 4 is 11.9 Å². The van der Waals surface area contributed by atoms with Gasteiger partial charge >= 0.3 is 5.97 Å². The molecule has 1 fully saturated rings. The summed E-state index contributed by atoms with van der Waals surface area (Å²) in [4.78, 5) is 24.8. The molecule has 20 heavy (non-hydrogen) atoms. The molecule has 0 unspecified atom stereocenters. The Balaban J connectivity index is 1.94. The first kappa shape index (κ1) is 14.6. The van der Waals surface area contributed by atoms with Crippen molar-refractivity contribution in [2.24, 2.45) is 5.92 Å². The summed E-state index contributed by atoms with van der Waals surface area (Å²) in [5.74, 6) is -0.540. The molecule has 0 saturated heterocycles. The maximum Gasteiger partial charge on any atom is 0.335 e. The van der Waals surface area contributed by atoms with Gasteiger partial charge in [0.25, 0.3) is 0 Å². The third kappa shape index (κ3) is 3.59. The van der Waals surface area contributed by atoms with Crippen LogP contribution in [0.5, 0.6) is 0 Å². The Morgan fingerprint density at radius 2 is 1.75 bits per heavy atom. The van der Waals surface area contributed by atoms with Crippen molar-refractivity contribution < 1.29 is 14.7 Å². The molecule has 2 rings (SSSR count). The second-order valence-corrected chi connectivity index (χ2v) is 5.53. The average Bonchev–Trinajstić information content (AvgIpc) is 2.48. The van der Waals surface area contributed by atoms with Gasteiger partial charge in [0, 0.05) is 19.5 Å². The van der Waals surface area contributed by atoms with Gasteiger partial charge in [-0.25, -0.2) is 4.79 Å². The van der Waals surface area contributed by atoms with Crippen LogP contribution in [0.4, 0.5) is 0 Å². The smallest absolute Gasteiger partial charge is 0.335 e. The Hall–Kier alpha value is -1.84. The van der Waals surface area contributed by atoms with Gasteiger partial charge in [-0.2, -0.15) is 0 Å². The zero-order chi connectivity index (χ0) is 14.5. The quantitative estimate of drug-likeness (QED) is 0.919. The van der Waals surface area contributed by atoms with Crippen LogP contribution in [0, 0.1) is 5.92 Å². The van der Waals surface area contributed by atoms with Crippen molar-refractivity contribution in [3.05, 3.63) is 35.4 Å². The third-order valence-corrected chi connectivity index (χ3v) is 3.95. The maximum atomic E-state index is 12.3. The molecule has 1 saturated carbocycles. The van der Waals surface area contributed by atoms with Gasteiger partial charge in [0.2, 0.25) is 5.91 Å². The van der Waals surface area contributed by atoms with E-state index in [2.05, 4.69) is 0 Å². The van der Waals surface area contributed by atoms with E-state index in [4.69, 9.17) is 5.11 Å². The lowest BCUT2D eigenvalue weighted by atomic mass is 9.88. The van der Waals surface area contributed by atoms with Gasteiger partial charge in [0.15, 0.2) is 0 Å². The number of carboxylic acid groups (broad SMARTS) is 1.